The summed E-state index contributed by atoms with van der Waals surface area (Å²) >= 11 is 0. The van der Waals surface area contributed by atoms with Gasteiger partial charge in [0.25, 0.3) is 0 Å². The van der Waals surface area contributed by atoms with Gasteiger partial charge >= 0.3 is 5.97 Å². The number of aldehydes is 1. The molecule has 0 aliphatic heterocycles. The summed E-state index contributed by atoms with van der Waals surface area (Å²) in [7, 11) is 1.34. The second-order valence-corrected chi connectivity index (χ2v) is 3.33. The second-order valence-electron chi connectivity index (χ2n) is 3.33. The van der Waals surface area contributed by atoms with E-state index in [1.54, 1.807) is 12.2 Å². The highest BCUT2D eigenvalue weighted by Gasteiger charge is 1.92. The lowest BCUT2D eigenvalue weighted by atomic mass is 10.1. The topological polar surface area (TPSA) is 43.4 Å². The highest BCUT2D eigenvalue weighted by Crippen LogP contribution is 2.08. The standard InChI is InChI=1S/C14H14O3/c1-17-14(16)10-9-13-7-5-12(6-8-13)4-2-3-11-15/h2,4-11H,3H2,1H3/b4-2?,10-9+. The average Bonchev–Trinajstić information content (AvgIpc) is 2.37. The van der Waals surface area contributed by atoms with Crippen LogP contribution in [0.5, 0.6) is 0 Å². The first-order valence-corrected chi connectivity index (χ1v) is 5.22. The van der Waals surface area contributed by atoms with E-state index >= 15 is 0 Å². The molecule has 0 aliphatic rings. The molecule has 0 atom stereocenters. The fourth-order valence-corrected chi connectivity index (χ4v) is 1.21. The van der Waals surface area contributed by atoms with E-state index in [1.807, 2.05) is 30.3 Å². The molecule has 0 unspecified atom stereocenters. The number of methoxy groups -OCH3 is 1. The molecule has 1 rings (SSSR count). The summed E-state index contributed by atoms with van der Waals surface area (Å²) in [4.78, 5) is 21.0. The van der Waals surface area contributed by atoms with Gasteiger partial charge in [0.05, 0.1) is 7.11 Å². The van der Waals surface area contributed by atoms with Gasteiger partial charge in [-0.1, -0.05) is 36.4 Å². The number of allylic oxidation sites excluding steroid dienone is 1. The van der Waals surface area contributed by atoms with E-state index in [2.05, 4.69) is 4.74 Å². The van der Waals surface area contributed by atoms with Crippen LogP contribution in [0.3, 0.4) is 0 Å². The number of ether oxygens (including phenoxy) is 1. The van der Waals surface area contributed by atoms with Crippen LogP contribution < -0.4 is 0 Å². The van der Waals surface area contributed by atoms with Crippen LogP contribution >= 0.6 is 0 Å². The minimum absolute atomic E-state index is 0.375. The van der Waals surface area contributed by atoms with Crippen molar-refractivity contribution in [1.29, 1.82) is 0 Å². The SMILES string of the molecule is COC(=O)/C=C/c1ccc(C=CCC=O)cc1. The molecule has 17 heavy (non-hydrogen) atoms. The van der Waals surface area contributed by atoms with Crippen molar-refractivity contribution in [3.63, 3.8) is 0 Å². The third-order valence-corrected chi connectivity index (χ3v) is 2.09. The summed E-state index contributed by atoms with van der Waals surface area (Å²) in [5.41, 5.74) is 1.94. The first-order chi connectivity index (χ1) is 8.26. The Morgan fingerprint density at radius 3 is 2.29 bits per heavy atom. The van der Waals surface area contributed by atoms with Gasteiger partial charge in [-0.25, -0.2) is 4.79 Å². The van der Waals surface area contributed by atoms with Gasteiger partial charge in [-0.15, -0.1) is 0 Å². The summed E-state index contributed by atoms with van der Waals surface area (Å²) in [6, 6.07) is 7.61. The van der Waals surface area contributed by atoms with Gasteiger partial charge < -0.3 is 9.53 Å². The number of carbonyl (C=O) groups is 2. The van der Waals surface area contributed by atoms with Gasteiger partial charge in [0.15, 0.2) is 0 Å². The normalized spacial score (nSPS) is 10.9. The molecule has 1 aromatic carbocycles. The minimum atomic E-state index is -0.375. The smallest absolute Gasteiger partial charge is 0.330 e. The fourth-order valence-electron chi connectivity index (χ4n) is 1.21. The predicted molar refractivity (Wildman–Crippen MR) is 67.2 cm³/mol. The van der Waals surface area contributed by atoms with E-state index in [0.29, 0.717) is 6.42 Å². The van der Waals surface area contributed by atoms with E-state index in [0.717, 1.165) is 17.4 Å². The Morgan fingerprint density at radius 1 is 1.18 bits per heavy atom. The quantitative estimate of drug-likeness (QED) is 0.443. The average molecular weight is 230 g/mol. The Morgan fingerprint density at radius 2 is 1.76 bits per heavy atom. The van der Waals surface area contributed by atoms with Gasteiger partial charge in [0.2, 0.25) is 0 Å². The van der Waals surface area contributed by atoms with Crippen molar-refractivity contribution < 1.29 is 14.3 Å². The summed E-state index contributed by atoms with van der Waals surface area (Å²) in [6.45, 7) is 0. The summed E-state index contributed by atoms with van der Waals surface area (Å²) in [5.74, 6) is -0.375. The van der Waals surface area contributed by atoms with Gasteiger partial charge in [-0.3, -0.25) is 0 Å². The lowest BCUT2D eigenvalue weighted by Crippen LogP contribution is -1.93. The third-order valence-electron chi connectivity index (χ3n) is 2.09. The molecule has 0 fully saturated rings. The molecule has 3 nitrogen and oxygen atoms in total. The zero-order valence-electron chi connectivity index (χ0n) is 9.63. The zero-order valence-corrected chi connectivity index (χ0v) is 9.63. The van der Waals surface area contributed by atoms with Gasteiger partial charge in [-0.2, -0.15) is 0 Å². The van der Waals surface area contributed by atoms with Crippen LogP contribution in [-0.2, 0) is 14.3 Å². The summed E-state index contributed by atoms with van der Waals surface area (Å²) < 4.78 is 4.49. The predicted octanol–water partition coefficient (Wildman–Crippen LogP) is 2.48. The lowest BCUT2D eigenvalue weighted by Gasteiger charge is -1.95. The number of carbonyl (C=O) groups excluding carboxylic acids is 2. The minimum Gasteiger partial charge on any atom is -0.466 e. The van der Waals surface area contributed by atoms with E-state index in [1.165, 1.54) is 13.2 Å². The van der Waals surface area contributed by atoms with Crippen molar-refractivity contribution in [1.82, 2.24) is 0 Å². The third kappa shape index (κ3) is 4.93. The lowest BCUT2D eigenvalue weighted by molar-refractivity contribution is -0.134. The highest BCUT2D eigenvalue weighted by atomic mass is 16.5. The largest absolute Gasteiger partial charge is 0.466 e. The molecule has 0 radical (unpaired) electrons. The van der Waals surface area contributed by atoms with Crippen molar-refractivity contribution in [2.45, 2.75) is 6.42 Å². The molecule has 3 heteroatoms. The van der Waals surface area contributed by atoms with E-state index < -0.39 is 0 Å². The molecule has 0 aliphatic carbocycles. The zero-order chi connectivity index (χ0) is 12.5. The summed E-state index contributed by atoms with van der Waals surface area (Å²) in [6.07, 6.45) is 8.00. The Labute approximate surface area is 100 Å². The number of esters is 1. The van der Waals surface area contributed by atoms with Crippen LogP contribution in [0.1, 0.15) is 17.5 Å². The van der Waals surface area contributed by atoms with Crippen LogP contribution in [0.2, 0.25) is 0 Å². The molecule has 0 saturated carbocycles. The van der Waals surface area contributed by atoms with Crippen molar-refractivity contribution in [2.24, 2.45) is 0 Å². The van der Waals surface area contributed by atoms with Crippen LogP contribution in [0.15, 0.2) is 36.4 Å². The number of benzene rings is 1. The molecule has 0 amide bonds. The fraction of sp³-hybridized carbons (Fsp3) is 0.143. The number of hydrogen-bond acceptors (Lipinski definition) is 3. The summed E-state index contributed by atoms with van der Waals surface area (Å²) in [5, 5.41) is 0. The molecule has 0 bridgehead atoms. The van der Waals surface area contributed by atoms with Crippen LogP contribution in [0.4, 0.5) is 0 Å². The second kappa shape index (κ2) is 7.17. The van der Waals surface area contributed by atoms with Crippen LogP contribution in [-0.4, -0.2) is 19.4 Å². The Kier molecular flexibility index (Phi) is 5.44. The maximum atomic E-state index is 10.9. The molecule has 88 valence electrons. The Hall–Kier alpha value is -2.16. The van der Waals surface area contributed by atoms with Gasteiger partial charge in [0.1, 0.15) is 6.29 Å². The van der Waals surface area contributed by atoms with Crippen LogP contribution in [0, 0.1) is 0 Å². The van der Waals surface area contributed by atoms with Crippen molar-refractivity contribution in [3.05, 3.63) is 47.5 Å². The monoisotopic (exact) mass is 230 g/mol. The van der Waals surface area contributed by atoms with E-state index in [9.17, 15) is 9.59 Å². The van der Waals surface area contributed by atoms with Gasteiger partial charge in [-0.05, 0) is 17.2 Å². The first kappa shape index (κ1) is 12.9. The maximum absolute atomic E-state index is 10.9. The highest BCUT2D eigenvalue weighted by molar-refractivity contribution is 5.86. The van der Waals surface area contributed by atoms with Gasteiger partial charge in [0, 0.05) is 12.5 Å². The molecule has 0 aromatic heterocycles. The first-order valence-electron chi connectivity index (χ1n) is 5.22. The molecule has 0 N–H and O–H groups in total. The van der Waals surface area contributed by atoms with E-state index in [4.69, 9.17) is 0 Å². The molecule has 0 heterocycles. The molecular formula is C14H14O3. The van der Waals surface area contributed by atoms with Crippen molar-refractivity contribution in [3.8, 4) is 0 Å². The molecular weight excluding hydrogens is 216 g/mol. The molecule has 0 spiro atoms. The van der Waals surface area contributed by atoms with Crippen molar-refractivity contribution in [2.75, 3.05) is 7.11 Å². The van der Waals surface area contributed by atoms with E-state index in [-0.39, 0.29) is 5.97 Å². The van der Waals surface area contributed by atoms with Crippen LogP contribution in [0.25, 0.3) is 12.2 Å². The maximum Gasteiger partial charge on any atom is 0.330 e. The Bertz CT molecular complexity index is 427. The molecule has 0 saturated heterocycles. The van der Waals surface area contributed by atoms with Crippen molar-refractivity contribution >= 4 is 24.4 Å². The number of hydrogen-bond donors (Lipinski definition) is 0. The number of rotatable bonds is 5. The Balaban J connectivity index is 2.64. The molecule has 1 aromatic rings.